The summed E-state index contributed by atoms with van der Waals surface area (Å²) in [7, 11) is 3.20. The van der Waals surface area contributed by atoms with Gasteiger partial charge in [0.15, 0.2) is 5.43 Å². The lowest BCUT2D eigenvalue weighted by Gasteiger charge is -2.32. The zero-order chi connectivity index (χ0) is 29.1. The zero-order valence-corrected chi connectivity index (χ0v) is 23.7. The summed E-state index contributed by atoms with van der Waals surface area (Å²) in [5, 5.41) is 13.2. The number of aliphatic hydroxyl groups excluding tert-OH is 1. The Balaban J connectivity index is 1.53. The number of pyridine rings is 2. The van der Waals surface area contributed by atoms with Gasteiger partial charge in [0.05, 0.1) is 22.7 Å². The first-order valence-corrected chi connectivity index (χ1v) is 13.9. The maximum atomic E-state index is 14.0. The molecule has 4 aromatic rings. The number of nitrogens with one attached hydrogen (secondary N) is 2. The van der Waals surface area contributed by atoms with Gasteiger partial charge >= 0.3 is 0 Å². The number of halogens is 1. The van der Waals surface area contributed by atoms with Crippen molar-refractivity contribution >= 4 is 40.1 Å². The molecule has 1 aliphatic rings. The van der Waals surface area contributed by atoms with Crippen molar-refractivity contribution < 1.29 is 14.7 Å². The highest BCUT2D eigenvalue weighted by Crippen LogP contribution is 2.27. The summed E-state index contributed by atoms with van der Waals surface area (Å²) in [6, 6.07) is 16.5. The van der Waals surface area contributed by atoms with E-state index in [0.29, 0.717) is 33.0 Å². The number of aromatic nitrogens is 2. The van der Waals surface area contributed by atoms with Crippen molar-refractivity contribution in [3.05, 3.63) is 104 Å². The van der Waals surface area contributed by atoms with E-state index in [1.54, 1.807) is 56.6 Å². The Kier molecular flexibility index (Phi) is 8.37. The van der Waals surface area contributed by atoms with Gasteiger partial charge in [-0.3, -0.25) is 14.4 Å². The van der Waals surface area contributed by atoms with E-state index in [1.807, 2.05) is 18.2 Å². The molecule has 0 spiro atoms. The Hall–Kier alpha value is -4.21. The van der Waals surface area contributed by atoms with Crippen molar-refractivity contribution in [3.63, 3.8) is 0 Å². The largest absolute Gasteiger partial charge is 0.396 e. The second-order valence-electron chi connectivity index (χ2n) is 10.5. The molecule has 3 heterocycles. The monoisotopic (exact) mass is 573 g/mol. The van der Waals surface area contributed by atoms with Gasteiger partial charge in [-0.15, -0.1) is 0 Å². The third kappa shape index (κ3) is 5.96. The first kappa shape index (κ1) is 28.3. The van der Waals surface area contributed by atoms with Crippen LogP contribution in [-0.2, 0) is 0 Å². The lowest BCUT2D eigenvalue weighted by atomic mass is 9.94. The second kappa shape index (κ2) is 12.1. The van der Waals surface area contributed by atoms with Gasteiger partial charge in [0.1, 0.15) is 11.5 Å². The van der Waals surface area contributed by atoms with E-state index in [1.165, 1.54) is 11.1 Å². The lowest BCUT2D eigenvalue weighted by molar-refractivity contribution is 0.0818. The third-order valence-corrected chi connectivity index (χ3v) is 7.76. The Bertz CT molecular complexity index is 1610. The topological polar surface area (TPSA) is 119 Å². The molecule has 0 aliphatic carbocycles. The molecule has 1 aliphatic heterocycles. The minimum Gasteiger partial charge on any atom is -0.396 e. The maximum Gasteiger partial charge on any atom is 0.270 e. The molecule has 1 fully saturated rings. The number of carbonyl (C=O) groups excluding carboxylic acids is 2. The van der Waals surface area contributed by atoms with Crippen LogP contribution in [0.3, 0.4) is 0 Å². The van der Waals surface area contributed by atoms with Crippen molar-refractivity contribution in [1.29, 1.82) is 0 Å². The molecular weight excluding hydrogens is 542 g/mol. The quantitative estimate of drug-likeness (QED) is 0.307. The van der Waals surface area contributed by atoms with Crippen LogP contribution < -0.4 is 15.6 Å². The van der Waals surface area contributed by atoms with Gasteiger partial charge in [0.25, 0.3) is 11.8 Å². The predicted molar refractivity (Wildman–Crippen MR) is 160 cm³/mol. The highest BCUT2D eigenvalue weighted by Gasteiger charge is 2.29. The van der Waals surface area contributed by atoms with Gasteiger partial charge in [-0.25, -0.2) is 4.98 Å². The van der Waals surface area contributed by atoms with Crippen LogP contribution in [0.1, 0.15) is 50.9 Å². The summed E-state index contributed by atoms with van der Waals surface area (Å²) in [4.78, 5) is 52.1. The van der Waals surface area contributed by atoms with Crippen LogP contribution in [0.2, 0.25) is 5.02 Å². The van der Waals surface area contributed by atoms with Crippen LogP contribution >= 0.6 is 11.6 Å². The number of anilines is 1. The number of nitrogens with zero attached hydrogens (tertiary/aromatic N) is 3. The third-order valence-electron chi connectivity index (χ3n) is 7.52. The molecule has 2 amide bonds. The van der Waals surface area contributed by atoms with Gasteiger partial charge in [-0.2, -0.15) is 0 Å². The molecule has 1 saturated heterocycles. The highest BCUT2D eigenvalue weighted by atomic mass is 35.5. The van der Waals surface area contributed by atoms with Crippen molar-refractivity contribution in [2.45, 2.75) is 18.9 Å². The van der Waals surface area contributed by atoms with Crippen LogP contribution in [0, 0.1) is 5.92 Å². The van der Waals surface area contributed by atoms with E-state index in [2.05, 4.69) is 20.2 Å². The van der Waals surface area contributed by atoms with Crippen molar-refractivity contribution in [2.75, 3.05) is 38.7 Å². The average molecular weight is 574 g/mol. The maximum absolute atomic E-state index is 14.0. The number of H-pyrrole nitrogens is 1. The average Bonchev–Trinajstić information content (AvgIpc) is 3.00. The van der Waals surface area contributed by atoms with Crippen molar-refractivity contribution in [3.8, 4) is 0 Å². The van der Waals surface area contributed by atoms with Crippen molar-refractivity contribution in [2.24, 2.45) is 5.92 Å². The molecule has 5 rings (SSSR count). The molecule has 0 saturated carbocycles. The van der Waals surface area contributed by atoms with Gasteiger partial charge in [-0.05, 0) is 54.7 Å². The van der Waals surface area contributed by atoms with Crippen molar-refractivity contribution in [1.82, 2.24) is 20.2 Å². The molecule has 9 nitrogen and oxygen atoms in total. The molecule has 0 radical (unpaired) electrons. The predicted octanol–water partition coefficient (Wildman–Crippen LogP) is 4.01. The van der Waals surface area contributed by atoms with E-state index in [4.69, 9.17) is 11.6 Å². The summed E-state index contributed by atoms with van der Waals surface area (Å²) in [5.74, 6) is 0.229. The van der Waals surface area contributed by atoms with E-state index >= 15 is 0 Å². The zero-order valence-electron chi connectivity index (χ0n) is 22.9. The number of aliphatic hydroxyl groups is 1. The number of aromatic amines is 1. The molecule has 10 heteroatoms. The van der Waals surface area contributed by atoms with Crippen LogP contribution in [0.15, 0.2) is 71.7 Å². The SMILES string of the molecule is CN(C)C(=O)c1[nH]c2cc(Cl)ccc2c(=O)c1C(NC(=O)c1ccc(N2CCC(CO)CC2)nc1)c1ccccc1. The molecular formula is C31H32ClN5O4. The normalized spacial score (nSPS) is 14.6. The molecule has 3 N–H and O–H groups in total. The van der Waals surface area contributed by atoms with Gasteiger partial charge in [0, 0.05) is 50.4 Å². The number of piperidine rings is 1. The van der Waals surface area contributed by atoms with E-state index < -0.39 is 17.9 Å². The van der Waals surface area contributed by atoms with Crippen LogP contribution in [0.25, 0.3) is 10.9 Å². The minimum absolute atomic E-state index is 0.0728. The first-order chi connectivity index (χ1) is 19.8. The number of carbonyl (C=O) groups is 2. The number of hydrogen-bond acceptors (Lipinski definition) is 6. The fourth-order valence-electron chi connectivity index (χ4n) is 5.18. The summed E-state index contributed by atoms with van der Waals surface area (Å²) >= 11 is 6.18. The fraction of sp³-hybridized carbons (Fsp3) is 0.290. The van der Waals surface area contributed by atoms with Crippen LogP contribution in [0.5, 0.6) is 0 Å². The van der Waals surface area contributed by atoms with E-state index in [-0.39, 0.29) is 23.3 Å². The van der Waals surface area contributed by atoms with E-state index in [0.717, 1.165) is 31.7 Å². The summed E-state index contributed by atoms with van der Waals surface area (Å²) in [6.07, 6.45) is 3.29. The number of rotatable bonds is 7. The highest BCUT2D eigenvalue weighted by molar-refractivity contribution is 6.31. The molecule has 2 aromatic carbocycles. The van der Waals surface area contributed by atoms with Gasteiger partial charge in [0.2, 0.25) is 0 Å². The molecule has 0 bridgehead atoms. The summed E-state index contributed by atoms with van der Waals surface area (Å²) < 4.78 is 0. The standard InChI is InChI=1S/C31H32ClN5O4/c1-36(2)31(41)28-26(29(39)23-10-9-22(32)16-24(23)34-28)27(20-6-4-3-5-7-20)35-30(40)21-8-11-25(33-17-21)37-14-12-19(18-38)13-15-37/h3-11,16-17,19,27,38H,12-15,18H2,1-2H3,(H,34,39)(H,35,40). The molecule has 41 heavy (non-hydrogen) atoms. The molecule has 212 valence electrons. The van der Waals surface area contributed by atoms with E-state index in [9.17, 15) is 19.5 Å². The second-order valence-corrected chi connectivity index (χ2v) is 10.9. The Labute approximate surface area is 242 Å². The Morgan fingerprint density at radius 3 is 2.49 bits per heavy atom. The summed E-state index contributed by atoms with van der Waals surface area (Å²) in [6.45, 7) is 1.77. The summed E-state index contributed by atoms with van der Waals surface area (Å²) in [5.41, 5.74) is 1.22. The first-order valence-electron chi connectivity index (χ1n) is 13.5. The number of fused-ring (bicyclic) bond motifs is 1. The Morgan fingerprint density at radius 1 is 1.12 bits per heavy atom. The number of amides is 2. The van der Waals surface area contributed by atoms with Gasteiger partial charge < -0.3 is 25.2 Å². The smallest absolute Gasteiger partial charge is 0.270 e. The fourth-order valence-corrected chi connectivity index (χ4v) is 5.35. The number of benzene rings is 2. The molecule has 1 atom stereocenters. The molecule has 1 unspecified atom stereocenters. The minimum atomic E-state index is -0.927. The lowest BCUT2D eigenvalue weighted by Crippen LogP contribution is -2.37. The number of hydrogen-bond donors (Lipinski definition) is 3. The molecule has 2 aromatic heterocycles. The van der Waals surface area contributed by atoms with Crippen LogP contribution in [0.4, 0.5) is 5.82 Å². The van der Waals surface area contributed by atoms with Gasteiger partial charge in [-0.1, -0.05) is 41.9 Å². The van der Waals surface area contributed by atoms with Crippen LogP contribution in [-0.4, -0.2) is 65.6 Å². The Morgan fingerprint density at radius 2 is 1.85 bits per heavy atom.